The van der Waals surface area contributed by atoms with E-state index in [0.717, 1.165) is 0 Å². The largest absolute Gasteiger partial charge is 0.481 e. The smallest absolute Gasteiger partial charge is 0.332 e. The molecular weight excluding hydrogens is 402 g/mol. The number of hydrogen-bond donors (Lipinski definition) is 1. The van der Waals surface area contributed by atoms with Crippen LogP contribution in [0, 0.1) is 10.8 Å². The minimum atomic E-state index is -1.31. The zero-order valence-corrected chi connectivity index (χ0v) is 16.5. The SMILES string of the molecule is O=C(O)CCCCC(=O)OC(C12COP(OC1)OC2)C12COP(OC1)OC2. The number of esters is 1. The summed E-state index contributed by atoms with van der Waals surface area (Å²) >= 11 is 0. The Kier molecular flexibility index (Phi) is 5.98. The van der Waals surface area contributed by atoms with Gasteiger partial charge in [-0.2, -0.15) is 0 Å². The Labute approximate surface area is 158 Å². The molecule has 152 valence electrons. The normalized spacial score (nSPS) is 38.5. The molecule has 0 aromatic heterocycles. The van der Waals surface area contributed by atoms with Gasteiger partial charge < -0.3 is 37.0 Å². The second-order valence-electron chi connectivity index (χ2n) is 7.28. The first-order valence-corrected chi connectivity index (χ1v) is 11.0. The average molecular weight is 424 g/mol. The number of carbonyl (C=O) groups excluding carboxylic acids is 1. The van der Waals surface area contributed by atoms with Gasteiger partial charge in [0.25, 0.3) is 0 Å². The van der Waals surface area contributed by atoms with Gasteiger partial charge >= 0.3 is 29.1 Å². The molecule has 0 aliphatic carbocycles. The van der Waals surface area contributed by atoms with Crippen LogP contribution in [0.4, 0.5) is 0 Å². The van der Waals surface area contributed by atoms with Crippen molar-refractivity contribution in [2.75, 3.05) is 39.6 Å². The molecule has 0 radical (unpaired) electrons. The Bertz CT molecular complexity index is 511. The van der Waals surface area contributed by atoms with Gasteiger partial charge in [-0.05, 0) is 12.8 Å². The standard InChI is InChI=1S/C15H22O10P2/c16-11(17)3-1-2-4-12(18)25-13(14-5-19-26(20-6-14)21-7-14)15-8-22-27(23-9-15)24-10-15/h13H,1-10H2,(H,16,17). The number of carbonyl (C=O) groups is 2. The third-order valence-corrected chi connectivity index (χ3v) is 7.17. The molecule has 6 fully saturated rings. The first-order valence-electron chi connectivity index (χ1n) is 8.80. The number of aliphatic carboxylic acids is 1. The molecular formula is C15H22O10P2. The van der Waals surface area contributed by atoms with Crippen LogP contribution >= 0.6 is 17.2 Å². The Morgan fingerprint density at radius 1 is 0.815 bits per heavy atom. The molecule has 0 atom stereocenters. The molecule has 0 spiro atoms. The van der Waals surface area contributed by atoms with E-state index in [4.69, 9.17) is 37.0 Å². The summed E-state index contributed by atoms with van der Waals surface area (Å²) in [5.74, 6) is -1.27. The summed E-state index contributed by atoms with van der Waals surface area (Å²) in [6.45, 7) is 2.20. The van der Waals surface area contributed by atoms with Crippen LogP contribution in [-0.2, 0) is 41.5 Å². The fourth-order valence-corrected chi connectivity index (χ4v) is 6.27. The van der Waals surface area contributed by atoms with Crippen molar-refractivity contribution in [2.24, 2.45) is 10.8 Å². The number of unbranched alkanes of at least 4 members (excludes halogenated alkanes) is 1. The van der Waals surface area contributed by atoms with Gasteiger partial charge in [-0.3, -0.25) is 9.59 Å². The highest BCUT2D eigenvalue weighted by Gasteiger charge is 2.62. The zero-order valence-electron chi connectivity index (χ0n) is 14.7. The Balaban J connectivity index is 1.46. The van der Waals surface area contributed by atoms with E-state index in [2.05, 4.69) is 0 Å². The molecule has 27 heavy (non-hydrogen) atoms. The number of hydrogen-bond acceptors (Lipinski definition) is 9. The van der Waals surface area contributed by atoms with E-state index in [1.165, 1.54) is 0 Å². The van der Waals surface area contributed by atoms with E-state index in [1.807, 2.05) is 0 Å². The summed E-state index contributed by atoms with van der Waals surface area (Å²) in [6.07, 6.45) is 0.418. The predicted molar refractivity (Wildman–Crippen MR) is 90.4 cm³/mol. The number of fused-ring (bicyclic) bond motifs is 6. The van der Waals surface area contributed by atoms with Gasteiger partial charge in [0.05, 0.1) is 50.5 Å². The second-order valence-corrected chi connectivity index (χ2v) is 9.73. The van der Waals surface area contributed by atoms with Crippen molar-refractivity contribution >= 4 is 29.1 Å². The highest BCUT2D eigenvalue weighted by atomic mass is 31.2. The summed E-state index contributed by atoms with van der Waals surface area (Å²) in [4.78, 5) is 23.1. The number of carboxylic acid groups (broad SMARTS) is 1. The highest BCUT2D eigenvalue weighted by Crippen LogP contribution is 2.61. The predicted octanol–water partition coefficient (Wildman–Crippen LogP) is 2.12. The molecule has 6 heterocycles. The van der Waals surface area contributed by atoms with Gasteiger partial charge in [0.15, 0.2) is 0 Å². The van der Waals surface area contributed by atoms with Crippen LogP contribution in [0.5, 0.6) is 0 Å². The van der Waals surface area contributed by atoms with Gasteiger partial charge in [0.2, 0.25) is 0 Å². The van der Waals surface area contributed by atoms with E-state index in [-0.39, 0.29) is 12.8 Å². The molecule has 0 aromatic carbocycles. The van der Waals surface area contributed by atoms with Crippen molar-refractivity contribution in [3.8, 4) is 0 Å². The lowest BCUT2D eigenvalue weighted by molar-refractivity contribution is -0.229. The first kappa shape index (κ1) is 19.9. The average Bonchev–Trinajstić information content (AvgIpc) is 2.72. The number of carboxylic acids is 1. The molecule has 6 rings (SSSR count). The van der Waals surface area contributed by atoms with E-state index >= 15 is 0 Å². The Morgan fingerprint density at radius 2 is 1.22 bits per heavy atom. The quantitative estimate of drug-likeness (QED) is 0.353. The minimum Gasteiger partial charge on any atom is -0.481 e. The van der Waals surface area contributed by atoms with Crippen LogP contribution < -0.4 is 0 Å². The Morgan fingerprint density at radius 3 is 1.63 bits per heavy atom. The van der Waals surface area contributed by atoms with Gasteiger partial charge in [-0.25, -0.2) is 0 Å². The van der Waals surface area contributed by atoms with Crippen molar-refractivity contribution in [2.45, 2.75) is 31.8 Å². The van der Waals surface area contributed by atoms with Crippen molar-refractivity contribution < 1.29 is 46.6 Å². The maximum absolute atomic E-state index is 12.5. The molecule has 0 amide bonds. The second kappa shape index (κ2) is 8.13. The molecule has 0 aromatic rings. The lowest BCUT2D eigenvalue weighted by Crippen LogP contribution is -2.64. The van der Waals surface area contributed by atoms with E-state index < -0.39 is 46.1 Å². The zero-order chi connectivity index (χ0) is 18.9. The monoisotopic (exact) mass is 424 g/mol. The fourth-order valence-electron chi connectivity index (χ4n) is 3.65. The van der Waals surface area contributed by atoms with Gasteiger partial charge in [-0.15, -0.1) is 0 Å². The van der Waals surface area contributed by atoms with Crippen LogP contribution in [0.1, 0.15) is 25.7 Å². The van der Waals surface area contributed by atoms with Gasteiger partial charge in [0, 0.05) is 12.8 Å². The lowest BCUT2D eigenvalue weighted by Gasteiger charge is -2.55. The van der Waals surface area contributed by atoms with E-state index in [0.29, 0.717) is 52.5 Å². The third kappa shape index (κ3) is 4.14. The molecule has 12 heteroatoms. The molecule has 6 aliphatic rings. The maximum atomic E-state index is 12.5. The van der Waals surface area contributed by atoms with Crippen LogP contribution in [-0.4, -0.2) is 62.8 Å². The molecule has 10 nitrogen and oxygen atoms in total. The molecule has 4 bridgehead atoms. The summed E-state index contributed by atoms with van der Waals surface area (Å²) in [5, 5.41) is 8.71. The summed E-state index contributed by atoms with van der Waals surface area (Å²) < 4.78 is 39.6. The van der Waals surface area contributed by atoms with E-state index in [9.17, 15) is 9.59 Å². The topological polar surface area (TPSA) is 119 Å². The van der Waals surface area contributed by atoms with Gasteiger partial charge in [-0.1, -0.05) is 0 Å². The summed E-state index contributed by atoms with van der Waals surface area (Å²) in [7, 11) is -2.63. The minimum absolute atomic E-state index is 0.0305. The molecule has 6 aliphatic heterocycles. The number of rotatable bonds is 8. The molecule has 6 saturated heterocycles. The van der Waals surface area contributed by atoms with E-state index in [1.54, 1.807) is 0 Å². The molecule has 0 unspecified atom stereocenters. The van der Waals surface area contributed by atoms with Crippen LogP contribution in [0.15, 0.2) is 0 Å². The molecule has 0 saturated carbocycles. The fraction of sp³-hybridized carbons (Fsp3) is 0.867. The van der Waals surface area contributed by atoms with Crippen molar-refractivity contribution in [3.05, 3.63) is 0 Å². The first-order chi connectivity index (χ1) is 13.0. The third-order valence-electron chi connectivity index (χ3n) is 5.13. The van der Waals surface area contributed by atoms with Crippen molar-refractivity contribution in [1.29, 1.82) is 0 Å². The highest BCUT2D eigenvalue weighted by molar-refractivity contribution is 7.42. The Hall–Kier alpha value is -0.440. The van der Waals surface area contributed by atoms with Crippen LogP contribution in [0.25, 0.3) is 0 Å². The van der Waals surface area contributed by atoms with Gasteiger partial charge in [0.1, 0.15) is 6.10 Å². The summed E-state index contributed by atoms with van der Waals surface area (Å²) in [5.41, 5.74) is -1.30. The maximum Gasteiger partial charge on any atom is 0.332 e. The van der Waals surface area contributed by atoms with Crippen molar-refractivity contribution in [1.82, 2.24) is 0 Å². The molecule has 1 N–H and O–H groups in total. The summed E-state index contributed by atoms with van der Waals surface area (Å²) in [6, 6.07) is 0. The van der Waals surface area contributed by atoms with Crippen LogP contribution in [0.2, 0.25) is 0 Å². The van der Waals surface area contributed by atoms with Crippen LogP contribution in [0.3, 0.4) is 0 Å². The van der Waals surface area contributed by atoms with Crippen molar-refractivity contribution in [3.63, 3.8) is 0 Å². The number of ether oxygens (including phenoxy) is 1. The lowest BCUT2D eigenvalue weighted by atomic mass is 9.69.